The SMILES string of the molecule is C[C@@H](NCc1ccc(Br)cc1F)c1cccc(Br)c1. The first-order chi connectivity index (χ1) is 9.06. The van der Waals surface area contributed by atoms with Crippen molar-refractivity contribution in [1.29, 1.82) is 0 Å². The molecule has 2 rings (SSSR count). The number of hydrogen-bond acceptors (Lipinski definition) is 1. The number of hydrogen-bond donors (Lipinski definition) is 1. The molecule has 19 heavy (non-hydrogen) atoms. The van der Waals surface area contributed by atoms with E-state index < -0.39 is 0 Å². The minimum Gasteiger partial charge on any atom is -0.306 e. The van der Waals surface area contributed by atoms with Crippen LogP contribution < -0.4 is 5.32 Å². The lowest BCUT2D eigenvalue weighted by atomic mass is 10.1. The van der Waals surface area contributed by atoms with Gasteiger partial charge in [-0.1, -0.05) is 50.1 Å². The fourth-order valence-electron chi connectivity index (χ4n) is 1.82. The summed E-state index contributed by atoms with van der Waals surface area (Å²) in [5, 5.41) is 3.33. The van der Waals surface area contributed by atoms with Crippen LogP contribution in [0.5, 0.6) is 0 Å². The fraction of sp³-hybridized carbons (Fsp3) is 0.200. The van der Waals surface area contributed by atoms with E-state index in [4.69, 9.17) is 0 Å². The summed E-state index contributed by atoms with van der Waals surface area (Å²) >= 11 is 6.71. The lowest BCUT2D eigenvalue weighted by molar-refractivity contribution is 0.544. The number of rotatable bonds is 4. The van der Waals surface area contributed by atoms with E-state index in [1.165, 1.54) is 11.6 Å². The molecule has 0 amide bonds. The first-order valence-corrected chi connectivity index (χ1v) is 7.57. The molecule has 0 saturated carbocycles. The van der Waals surface area contributed by atoms with Gasteiger partial charge in [-0.2, -0.15) is 0 Å². The van der Waals surface area contributed by atoms with Gasteiger partial charge in [-0.05, 0) is 36.8 Å². The molecule has 0 bridgehead atoms. The molecule has 0 heterocycles. The van der Waals surface area contributed by atoms with Crippen molar-refractivity contribution in [3.8, 4) is 0 Å². The van der Waals surface area contributed by atoms with E-state index in [0.717, 1.165) is 8.95 Å². The summed E-state index contributed by atoms with van der Waals surface area (Å²) in [6.45, 7) is 2.57. The van der Waals surface area contributed by atoms with Gasteiger partial charge in [0.2, 0.25) is 0 Å². The van der Waals surface area contributed by atoms with Gasteiger partial charge in [0, 0.05) is 27.1 Å². The van der Waals surface area contributed by atoms with Crippen molar-refractivity contribution in [1.82, 2.24) is 5.32 Å². The third kappa shape index (κ3) is 4.13. The molecule has 0 aliphatic rings. The maximum absolute atomic E-state index is 13.7. The normalized spacial score (nSPS) is 12.4. The maximum Gasteiger partial charge on any atom is 0.128 e. The number of halogens is 3. The van der Waals surface area contributed by atoms with Crippen molar-refractivity contribution >= 4 is 31.9 Å². The van der Waals surface area contributed by atoms with Crippen LogP contribution in [0.25, 0.3) is 0 Å². The molecule has 0 radical (unpaired) electrons. The van der Waals surface area contributed by atoms with E-state index in [1.807, 2.05) is 18.2 Å². The highest BCUT2D eigenvalue weighted by atomic mass is 79.9. The van der Waals surface area contributed by atoms with E-state index >= 15 is 0 Å². The quantitative estimate of drug-likeness (QED) is 0.761. The molecule has 0 fully saturated rings. The largest absolute Gasteiger partial charge is 0.306 e. The average Bonchev–Trinajstić information content (AvgIpc) is 2.37. The van der Waals surface area contributed by atoms with Crippen LogP contribution in [0, 0.1) is 5.82 Å². The highest BCUT2D eigenvalue weighted by molar-refractivity contribution is 9.10. The summed E-state index contributed by atoms with van der Waals surface area (Å²) in [5.74, 6) is -0.191. The Hall–Kier alpha value is -0.710. The van der Waals surface area contributed by atoms with Gasteiger partial charge in [0.1, 0.15) is 5.82 Å². The van der Waals surface area contributed by atoms with Gasteiger partial charge in [0.05, 0.1) is 0 Å². The molecular formula is C15H14Br2FN. The third-order valence-corrected chi connectivity index (χ3v) is 3.95. The molecule has 1 atom stereocenters. The van der Waals surface area contributed by atoms with Crippen LogP contribution in [0.3, 0.4) is 0 Å². The molecule has 0 aliphatic heterocycles. The first-order valence-electron chi connectivity index (χ1n) is 5.99. The maximum atomic E-state index is 13.7. The summed E-state index contributed by atoms with van der Waals surface area (Å²) in [6.07, 6.45) is 0. The van der Waals surface area contributed by atoms with E-state index in [-0.39, 0.29) is 11.9 Å². The number of nitrogens with one attached hydrogen (secondary N) is 1. The summed E-state index contributed by atoms with van der Waals surface area (Å²) in [5.41, 5.74) is 1.84. The first kappa shape index (κ1) is 14.7. The molecule has 1 N–H and O–H groups in total. The minimum atomic E-state index is -0.191. The van der Waals surface area contributed by atoms with Crippen molar-refractivity contribution in [2.45, 2.75) is 19.5 Å². The zero-order valence-electron chi connectivity index (χ0n) is 10.5. The van der Waals surface area contributed by atoms with E-state index in [0.29, 0.717) is 12.1 Å². The van der Waals surface area contributed by atoms with Crippen LogP contribution in [0.4, 0.5) is 4.39 Å². The van der Waals surface area contributed by atoms with Crippen molar-refractivity contribution in [2.75, 3.05) is 0 Å². The van der Waals surface area contributed by atoms with Gasteiger partial charge < -0.3 is 5.32 Å². The van der Waals surface area contributed by atoms with Crippen molar-refractivity contribution in [3.05, 3.63) is 68.4 Å². The van der Waals surface area contributed by atoms with E-state index in [9.17, 15) is 4.39 Å². The van der Waals surface area contributed by atoms with Crippen LogP contribution in [-0.2, 0) is 6.54 Å². The molecule has 2 aromatic rings. The standard InChI is InChI=1S/C15H14Br2FN/c1-10(11-3-2-4-13(16)7-11)19-9-12-5-6-14(17)8-15(12)18/h2-8,10,19H,9H2,1H3/t10-/m1/s1. The van der Waals surface area contributed by atoms with Gasteiger partial charge in [-0.15, -0.1) is 0 Å². The van der Waals surface area contributed by atoms with Crippen LogP contribution in [0.15, 0.2) is 51.4 Å². The highest BCUT2D eigenvalue weighted by Gasteiger charge is 2.07. The van der Waals surface area contributed by atoms with Gasteiger partial charge >= 0.3 is 0 Å². The predicted octanol–water partition coefficient (Wildman–Crippen LogP) is 5.20. The Balaban J connectivity index is 2.02. The summed E-state index contributed by atoms with van der Waals surface area (Å²) < 4.78 is 15.5. The van der Waals surface area contributed by atoms with Crippen LogP contribution >= 0.6 is 31.9 Å². The molecule has 2 aromatic carbocycles. The monoisotopic (exact) mass is 385 g/mol. The second kappa shape index (κ2) is 6.64. The molecule has 0 saturated heterocycles. The lowest BCUT2D eigenvalue weighted by Gasteiger charge is -2.15. The second-order valence-corrected chi connectivity index (χ2v) is 6.22. The predicted molar refractivity (Wildman–Crippen MR) is 83.5 cm³/mol. The van der Waals surface area contributed by atoms with E-state index in [2.05, 4.69) is 56.2 Å². The van der Waals surface area contributed by atoms with Crippen molar-refractivity contribution in [2.24, 2.45) is 0 Å². The van der Waals surface area contributed by atoms with Gasteiger partial charge in [0.25, 0.3) is 0 Å². The Morgan fingerprint density at radius 2 is 1.84 bits per heavy atom. The Labute approximate surface area is 129 Å². The van der Waals surface area contributed by atoms with E-state index in [1.54, 1.807) is 6.07 Å². The Bertz CT molecular complexity index is 572. The second-order valence-electron chi connectivity index (χ2n) is 4.39. The fourth-order valence-corrected chi connectivity index (χ4v) is 2.57. The Morgan fingerprint density at radius 3 is 2.53 bits per heavy atom. The highest BCUT2D eigenvalue weighted by Crippen LogP contribution is 2.19. The zero-order valence-corrected chi connectivity index (χ0v) is 13.6. The summed E-state index contributed by atoms with van der Waals surface area (Å²) in [7, 11) is 0. The Kier molecular flexibility index (Phi) is 5.13. The van der Waals surface area contributed by atoms with Crippen LogP contribution in [-0.4, -0.2) is 0 Å². The Morgan fingerprint density at radius 1 is 1.11 bits per heavy atom. The molecule has 0 aromatic heterocycles. The minimum absolute atomic E-state index is 0.167. The van der Waals surface area contributed by atoms with Gasteiger partial charge in [-0.25, -0.2) is 4.39 Å². The zero-order chi connectivity index (χ0) is 13.8. The molecule has 0 unspecified atom stereocenters. The van der Waals surface area contributed by atoms with Crippen LogP contribution in [0.2, 0.25) is 0 Å². The van der Waals surface area contributed by atoms with Gasteiger partial charge in [-0.3, -0.25) is 0 Å². The summed E-state index contributed by atoms with van der Waals surface area (Å²) in [4.78, 5) is 0. The average molecular weight is 387 g/mol. The van der Waals surface area contributed by atoms with Crippen molar-refractivity contribution in [3.63, 3.8) is 0 Å². The topological polar surface area (TPSA) is 12.0 Å². The number of benzene rings is 2. The molecule has 1 nitrogen and oxygen atoms in total. The smallest absolute Gasteiger partial charge is 0.128 e. The summed E-state index contributed by atoms with van der Waals surface area (Å²) in [6, 6.07) is 13.4. The van der Waals surface area contributed by atoms with Gasteiger partial charge in [0.15, 0.2) is 0 Å². The molecular weight excluding hydrogens is 373 g/mol. The molecule has 0 aliphatic carbocycles. The lowest BCUT2D eigenvalue weighted by Crippen LogP contribution is -2.18. The molecule has 100 valence electrons. The van der Waals surface area contributed by atoms with Crippen LogP contribution in [0.1, 0.15) is 24.1 Å². The third-order valence-electron chi connectivity index (χ3n) is 2.96. The molecule has 4 heteroatoms. The van der Waals surface area contributed by atoms with Crippen molar-refractivity contribution < 1.29 is 4.39 Å². The molecule has 0 spiro atoms.